The molecule has 1 amide bonds. The first-order chi connectivity index (χ1) is 16.3. The van der Waals surface area contributed by atoms with Gasteiger partial charge in [0.15, 0.2) is 0 Å². The lowest BCUT2D eigenvalue weighted by molar-refractivity contribution is -0.126. The van der Waals surface area contributed by atoms with Gasteiger partial charge in [-0.15, -0.1) is 0 Å². The molecule has 0 spiro atoms. The molecule has 0 saturated carbocycles. The minimum absolute atomic E-state index is 0.0221. The van der Waals surface area contributed by atoms with Crippen LogP contribution in [0.2, 0.25) is 0 Å². The Morgan fingerprint density at radius 3 is 2.15 bits per heavy atom. The van der Waals surface area contributed by atoms with Crippen LogP contribution >= 0.6 is 0 Å². The van der Waals surface area contributed by atoms with Crippen molar-refractivity contribution >= 4 is 11.7 Å². The molecule has 4 aromatic rings. The van der Waals surface area contributed by atoms with Crippen LogP contribution in [0, 0.1) is 5.92 Å². The SMILES string of the molecule is O=C(NC(c1ccccc1)c1ccccc1)C1CCN(c2cc(-n3ccnc3)ncn2)CC1. The number of nitrogens with zero attached hydrogens (tertiary/aromatic N) is 5. The van der Waals surface area contributed by atoms with Crippen molar-refractivity contribution in [3.63, 3.8) is 0 Å². The lowest BCUT2D eigenvalue weighted by atomic mass is 9.93. The smallest absolute Gasteiger partial charge is 0.223 e. The normalized spacial score (nSPS) is 14.4. The summed E-state index contributed by atoms with van der Waals surface area (Å²) >= 11 is 0. The van der Waals surface area contributed by atoms with Crippen LogP contribution in [-0.2, 0) is 4.79 Å². The summed E-state index contributed by atoms with van der Waals surface area (Å²) in [6.45, 7) is 1.56. The Bertz CT molecular complexity index is 1130. The van der Waals surface area contributed by atoms with E-state index in [1.807, 2.05) is 53.2 Å². The predicted octanol–water partition coefficient (Wildman–Crippen LogP) is 3.78. The van der Waals surface area contributed by atoms with Crippen molar-refractivity contribution in [2.75, 3.05) is 18.0 Å². The lowest BCUT2D eigenvalue weighted by Gasteiger charge is -2.33. The molecule has 1 aliphatic heterocycles. The van der Waals surface area contributed by atoms with E-state index in [9.17, 15) is 4.79 Å². The third-order valence-corrected chi connectivity index (χ3v) is 6.15. The number of hydrogen-bond donors (Lipinski definition) is 1. The first kappa shape index (κ1) is 20.9. The van der Waals surface area contributed by atoms with Crippen LogP contribution in [0.4, 0.5) is 5.82 Å². The quantitative estimate of drug-likeness (QED) is 0.496. The molecule has 0 radical (unpaired) electrons. The topological polar surface area (TPSA) is 75.9 Å². The Labute approximate surface area is 193 Å². The van der Waals surface area contributed by atoms with Crippen molar-refractivity contribution in [3.8, 4) is 5.82 Å². The molecule has 5 rings (SSSR count). The van der Waals surface area contributed by atoms with Gasteiger partial charge in [0.1, 0.15) is 24.3 Å². The molecule has 0 bridgehead atoms. The van der Waals surface area contributed by atoms with Crippen molar-refractivity contribution in [1.29, 1.82) is 0 Å². The van der Waals surface area contributed by atoms with E-state index in [-0.39, 0.29) is 17.9 Å². The number of rotatable bonds is 6. The molecule has 3 heterocycles. The van der Waals surface area contributed by atoms with Gasteiger partial charge in [-0.2, -0.15) is 0 Å². The van der Waals surface area contributed by atoms with Crippen molar-refractivity contribution in [2.45, 2.75) is 18.9 Å². The molecule has 0 atom stereocenters. The zero-order valence-corrected chi connectivity index (χ0v) is 18.3. The van der Waals surface area contributed by atoms with Crippen LogP contribution in [0.15, 0.2) is 91.8 Å². The van der Waals surface area contributed by atoms with E-state index in [1.165, 1.54) is 0 Å². The average Bonchev–Trinajstić information content (AvgIpc) is 3.44. The number of anilines is 1. The predicted molar refractivity (Wildman–Crippen MR) is 127 cm³/mol. The van der Waals surface area contributed by atoms with Gasteiger partial charge in [-0.05, 0) is 24.0 Å². The van der Waals surface area contributed by atoms with Gasteiger partial charge in [0.25, 0.3) is 0 Å². The number of amides is 1. The van der Waals surface area contributed by atoms with E-state index in [0.717, 1.165) is 48.7 Å². The Balaban J connectivity index is 1.25. The maximum atomic E-state index is 13.2. The summed E-state index contributed by atoms with van der Waals surface area (Å²) in [7, 11) is 0. The van der Waals surface area contributed by atoms with E-state index in [1.54, 1.807) is 18.9 Å². The number of benzene rings is 2. The molecule has 33 heavy (non-hydrogen) atoms. The fraction of sp³-hybridized carbons (Fsp3) is 0.231. The molecule has 1 N–H and O–H groups in total. The zero-order valence-electron chi connectivity index (χ0n) is 18.3. The fourth-order valence-electron chi connectivity index (χ4n) is 4.33. The second-order valence-electron chi connectivity index (χ2n) is 8.23. The number of aromatic nitrogens is 4. The molecule has 2 aromatic heterocycles. The van der Waals surface area contributed by atoms with Gasteiger partial charge in [-0.1, -0.05) is 60.7 Å². The fourth-order valence-corrected chi connectivity index (χ4v) is 4.33. The maximum Gasteiger partial charge on any atom is 0.223 e. The third kappa shape index (κ3) is 4.77. The van der Waals surface area contributed by atoms with Crippen molar-refractivity contribution in [2.24, 2.45) is 5.92 Å². The van der Waals surface area contributed by atoms with E-state index < -0.39 is 0 Å². The number of imidazole rings is 1. The van der Waals surface area contributed by atoms with Crippen LogP contribution < -0.4 is 10.2 Å². The molecule has 0 unspecified atom stereocenters. The van der Waals surface area contributed by atoms with Crippen molar-refractivity contribution < 1.29 is 4.79 Å². The molecule has 7 heteroatoms. The summed E-state index contributed by atoms with van der Waals surface area (Å²) in [6.07, 6.45) is 8.45. The molecule has 1 fully saturated rings. The third-order valence-electron chi connectivity index (χ3n) is 6.15. The van der Waals surface area contributed by atoms with Gasteiger partial charge < -0.3 is 10.2 Å². The lowest BCUT2D eigenvalue weighted by Crippen LogP contribution is -2.42. The number of hydrogen-bond acceptors (Lipinski definition) is 5. The molecule has 7 nitrogen and oxygen atoms in total. The second kappa shape index (κ2) is 9.65. The van der Waals surface area contributed by atoms with E-state index in [2.05, 4.69) is 49.4 Å². The Kier molecular flexibility index (Phi) is 6.10. The summed E-state index contributed by atoms with van der Waals surface area (Å²) in [4.78, 5) is 28.3. The van der Waals surface area contributed by atoms with Gasteiger partial charge in [0.05, 0.1) is 6.04 Å². The number of carbonyl (C=O) groups excluding carboxylic acids is 1. The first-order valence-electron chi connectivity index (χ1n) is 11.2. The molecular formula is C26H26N6O. The number of piperidine rings is 1. The Morgan fingerprint density at radius 2 is 1.55 bits per heavy atom. The van der Waals surface area contributed by atoms with Crippen LogP contribution in [0.3, 0.4) is 0 Å². The van der Waals surface area contributed by atoms with Crippen LogP contribution in [-0.4, -0.2) is 38.5 Å². The summed E-state index contributed by atoms with van der Waals surface area (Å²) in [5, 5.41) is 3.31. The molecule has 0 aliphatic carbocycles. The number of carbonyl (C=O) groups is 1. The highest BCUT2D eigenvalue weighted by Crippen LogP contribution is 2.26. The Hall–Kier alpha value is -4.00. The highest BCUT2D eigenvalue weighted by molar-refractivity contribution is 5.80. The standard InChI is InChI=1S/C26H26N6O/c33-26(30-25(20-7-3-1-4-8-20)21-9-5-2-6-10-21)22-11-14-31(15-12-22)23-17-24(29-18-28-23)32-16-13-27-19-32/h1-10,13,16-19,22,25H,11-12,14-15H2,(H,30,33). The molecule has 2 aromatic carbocycles. The van der Waals surface area contributed by atoms with E-state index in [4.69, 9.17) is 0 Å². The van der Waals surface area contributed by atoms with Crippen LogP contribution in [0.1, 0.15) is 30.0 Å². The van der Waals surface area contributed by atoms with E-state index >= 15 is 0 Å². The summed E-state index contributed by atoms with van der Waals surface area (Å²) in [5.41, 5.74) is 2.17. The average molecular weight is 439 g/mol. The summed E-state index contributed by atoms with van der Waals surface area (Å²) in [6, 6.07) is 22.1. The van der Waals surface area contributed by atoms with Crippen LogP contribution in [0.25, 0.3) is 5.82 Å². The largest absolute Gasteiger partial charge is 0.356 e. The first-order valence-corrected chi connectivity index (χ1v) is 11.2. The highest BCUT2D eigenvalue weighted by atomic mass is 16.2. The van der Waals surface area contributed by atoms with Gasteiger partial charge in [0, 0.05) is 37.5 Å². The van der Waals surface area contributed by atoms with Gasteiger partial charge in [-0.3, -0.25) is 9.36 Å². The van der Waals surface area contributed by atoms with Gasteiger partial charge in [0.2, 0.25) is 5.91 Å². The summed E-state index contributed by atoms with van der Waals surface area (Å²) in [5.74, 6) is 1.74. The molecule has 1 saturated heterocycles. The molecule has 166 valence electrons. The minimum Gasteiger partial charge on any atom is -0.356 e. The molecular weight excluding hydrogens is 412 g/mol. The van der Waals surface area contributed by atoms with Crippen molar-refractivity contribution in [1.82, 2.24) is 24.8 Å². The Morgan fingerprint density at radius 1 is 0.909 bits per heavy atom. The van der Waals surface area contributed by atoms with E-state index in [0.29, 0.717) is 0 Å². The highest BCUT2D eigenvalue weighted by Gasteiger charge is 2.28. The monoisotopic (exact) mass is 438 g/mol. The van der Waals surface area contributed by atoms with Crippen molar-refractivity contribution in [3.05, 3.63) is 103 Å². The summed E-state index contributed by atoms with van der Waals surface area (Å²) < 4.78 is 1.86. The second-order valence-corrected chi connectivity index (χ2v) is 8.23. The van der Waals surface area contributed by atoms with Crippen LogP contribution in [0.5, 0.6) is 0 Å². The zero-order chi connectivity index (χ0) is 22.5. The minimum atomic E-state index is -0.155. The van der Waals surface area contributed by atoms with Gasteiger partial charge >= 0.3 is 0 Å². The molecule has 1 aliphatic rings. The number of nitrogens with one attached hydrogen (secondary N) is 1. The van der Waals surface area contributed by atoms with Gasteiger partial charge in [-0.25, -0.2) is 15.0 Å². The maximum absolute atomic E-state index is 13.2.